The van der Waals surface area contributed by atoms with Crippen molar-refractivity contribution >= 4 is 41.1 Å². The van der Waals surface area contributed by atoms with Crippen LogP contribution in [-0.4, -0.2) is 28.0 Å². The average Bonchev–Trinajstić information content (AvgIpc) is 3.04. The second-order valence-corrected chi connectivity index (χ2v) is 6.50. The highest BCUT2D eigenvalue weighted by atomic mass is 32.2. The zero-order valence-corrected chi connectivity index (χ0v) is 11.9. The minimum atomic E-state index is -0.969. The van der Waals surface area contributed by atoms with Gasteiger partial charge in [0, 0.05) is 11.0 Å². The van der Waals surface area contributed by atoms with Gasteiger partial charge in [0.05, 0.1) is 11.8 Å². The number of hydrogen-bond donors (Lipinski definition) is 2. The Morgan fingerprint density at radius 2 is 2.37 bits per heavy atom. The molecule has 1 saturated heterocycles. The molecule has 1 fully saturated rings. The first kappa shape index (κ1) is 14.1. The number of thiophene rings is 1. The first-order valence-corrected chi connectivity index (χ1v) is 7.96. The Morgan fingerprint density at radius 3 is 3.05 bits per heavy atom. The number of amides is 1. The van der Waals surface area contributed by atoms with E-state index in [0.717, 1.165) is 35.1 Å². The minimum absolute atomic E-state index is 0.0815. The van der Waals surface area contributed by atoms with Gasteiger partial charge in [-0.25, -0.2) is 4.79 Å². The number of carbonyl (C=O) groups is 2. The van der Waals surface area contributed by atoms with Gasteiger partial charge < -0.3 is 10.4 Å². The topological polar surface area (TPSA) is 66.4 Å². The molecule has 0 saturated carbocycles. The third-order valence-electron chi connectivity index (χ3n) is 2.83. The zero-order chi connectivity index (χ0) is 13.7. The third kappa shape index (κ3) is 4.11. The van der Waals surface area contributed by atoms with Crippen LogP contribution in [0.3, 0.4) is 0 Å². The van der Waals surface area contributed by atoms with Crippen molar-refractivity contribution in [3.05, 3.63) is 28.0 Å². The summed E-state index contributed by atoms with van der Waals surface area (Å²) >= 11 is 3.23. The van der Waals surface area contributed by atoms with E-state index in [4.69, 9.17) is 5.11 Å². The smallest absolute Gasteiger partial charge is 0.328 e. The van der Waals surface area contributed by atoms with Crippen LogP contribution in [0.1, 0.15) is 23.3 Å². The fraction of sp³-hybridized carbons (Fsp3) is 0.385. The number of carboxylic acids is 1. The van der Waals surface area contributed by atoms with Gasteiger partial charge >= 0.3 is 5.97 Å². The summed E-state index contributed by atoms with van der Waals surface area (Å²) in [6.07, 6.45) is 4.73. The molecule has 19 heavy (non-hydrogen) atoms. The van der Waals surface area contributed by atoms with Gasteiger partial charge in [0.1, 0.15) is 0 Å². The van der Waals surface area contributed by atoms with Crippen LogP contribution in [-0.2, 0) is 16.1 Å². The van der Waals surface area contributed by atoms with Crippen molar-refractivity contribution in [2.24, 2.45) is 0 Å². The van der Waals surface area contributed by atoms with E-state index in [1.807, 2.05) is 11.4 Å². The van der Waals surface area contributed by atoms with Gasteiger partial charge in [-0.3, -0.25) is 4.79 Å². The van der Waals surface area contributed by atoms with Crippen LogP contribution >= 0.6 is 23.1 Å². The molecular formula is C13H15NO3S2. The van der Waals surface area contributed by atoms with E-state index in [1.165, 1.54) is 11.3 Å². The first-order valence-electron chi connectivity index (χ1n) is 6.03. The predicted octanol–water partition coefficient (Wildman–Crippen LogP) is 2.36. The molecule has 1 unspecified atom stereocenters. The Kier molecular flexibility index (Phi) is 5.04. The van der Waals surface area contributed by atoms with Crippen molar-refractivity contribution < 1.29 is 14.7 Å². The Balaban J connectivity index is 1.90. The molecule has 1 aliphatic heterocycles. The molecule has 102 valence electrons. The van der Waals surface area contributed by atoms with E-state index in [-0.39, 0.29) is 11.2 Å². The Labute approximate surface area is 119 Å². The number of thioether (sulfide) groups is 1. The predicted molar refractivity (Wildman–Crippen MR) is 78.3 cm³/mol. The van der Waals surface area contributed by atoms with Crippen molar-refractivity contribution in [1.29, 1.82) is 0 Å². The zero-order valence-electron chi connectivity index (χ0n) is 10.3. The first-order chi connectivity index (χ1) is 9.16. The highest BCUT2D eigenvalue weighted by molar-refractivity contribution is 8.00. The van der Waals surface area contributed by atoms with E-state index in [2.05, 4.69) is 5.32 Å². The van der Waals surface area contributed by atoms with E-state index in [9.17, 15) is 9.59 Å². The number of nitrogens with one attached hydrogen (secondary N) is 1. The van der Waals surface area contributed by atoms with Gasteiger partial charge in [-0.1, -0.05) is 0 Å². The normalized spacial score (nSPS) is 18.8. The van der Waals surface area contributed by atoms with Crippen molar-refractivity contribution in [2.75, 3.05) is 5.75 Å². The number of rotatable bonds is 5. The van der Waals surface area contributed by atoms with Crippen molar-refractivity contribution in [3.63, 3.8) is 0 Å². The van der Waals surface area contributed by atoms with Gasteiger partial charge in [-0.05, 0) is 41.7 Å². The monoisotopic (exact) mass is 297 g/mol. The average molecular weight is 297 g/mol. The third-order valence-corrected chi connectivity index (χ3v) is 5.14. The fourth-order valence-electron chi connectivity index (χ4n) is 1.87. The molecule has 2 N–H and O–H groups in total. The maximum Gasteiger partial charge on any atom is 0.328 e. The second-order valence-electron chi connectivity index (χ2n) is 4.19. The van der Waals surface area contributed by atoms with Crippen molar-refractivity contribution in [2.45, 2.75) is 24.6 Å². The molecule has 1 aromatic rings. The van der Waals surface area contributed by atoms with Crippen LogP contribution in [0, 0.1) is 0 Å². The standard InChI is InChI=1S/C13H15NO3S2/c15-12(16)4-3-9-5-7-19-11(9)8-14-13(17)10-2-1-6-18-10/h3-5,7,10H,1-2,6,8H2,(H,14,17)(H,15,16). The maximum absolute atomic E-state index is 11.9. The molecule has 0 bridgehead atoms. The number of carbonyl (C=O) groups excluding carboxylic acids is 1. The fourth-order valence-corrected chi connectivity index (χ4v) is 3.86. The molecule has 2 rings (SSSR count). The highest BCUT2D eigenvalue weighted by Crippen LogP contribution is 2.26. The molecule has 6 heteroatoms. The summed E-state index contributed by atoms with van der Waals surface area (Å²) in [4.78, 5) is 23.3. The lowest BCUT2D eigenvalue weighted by Gasteiger charge is -2.09. The van der Waals surface area contributed by atoms with E-state index in [1.54, 1.807) is 17.8 Å². The molecule has 0 aromatic carbocycles. The van der Waals surface area contributed by atoms with Crippen molar-refractivity contribution in [1.82, 2.24) is 5.32 Å². The lowest BCUT2D eigenvalue weighted by atomic mass is 10.2. The molecule has 0 spiro atoms. The minimum Gasteiger partial charge on any atom is -0.478 e. The molecule has 4 nitrogen and oxygen atoms in total. The molecule has 0 aliphatic carbocycles. The molecular weight excluding hydrogens is 282 g/mol. The number of hydrogen-bond acceptors (Lipinski definition) is 4. The highest BCUT2D eigenvalue weighted by Gasteiger charge is 2.23. The maximum atomic E-state index is 11.9. The van der Waals surface area contributed by atoms with Gasteiger partial charge in [0.15, 0.2) is 0 Å². The number of carboxylic acid groups (broad SMARTS) is 1. The Hall–Kier alpha value is -1.27. The van der Waals surface area contributed by atoms with Gasteiger partial charge in [-0.15, -0.1) is 23.1 Å². The molecule has 1 amide bonds. The number of aliphatic carboxylic acids is 1. The van der Waals surface area contributed by atoms with Crippen LogP contribution in [0.4, 0.5) is 0 Å². The lowest BCUT2D eigenvalue weighted by molar-refractivity contribution is -0.131. The summed E-state index contributed by atoms with van der Waals surface area (Å²) in [7, 11) is 0. The second kappa shape index (κ2) is 6.77. The molecule has 1 aromatic heterocycles. The van der Waals surface area contributed by atoms with Gasteiger partial charge in [0.25, 0.3) is 0 Å². The van der Waals surface area contributed by atoms with E-state index < -0.39 is 5.97 Å². The summed E-state index contributed by atoms with van der Waals surface area (Å²) < 4.78 is 0. The quantitative estimate of drug-likeness (QED) is 0.819. The summed E-state index contributed by atoms with van der Waals surface area (Å²) in [5, 5.41) is 13.5. The molecule has 0 radical (unpaired) electrons. The largest absolute Gasteiger partial charge is 0.478 e. The Bertz CT molecular complexity index is 490. The SMILES string of the molecule is O=C(O)C=Cc1ccsc1CNC(=O)C1CCCS1. The van der Waals surface area contributed by atoms with Crippen LogP contribution in [0.25, 0.3) is 6.08 Å². The van der Waals surface area contributed by atoms with Gasteiger partial charge in [0.2, 0.25) is 5.91 Å². The van der Waals surface area contributed by atoms with Gasteiger partial charge in [-0.2, -0.15) is 0 Å². The van der Waals surface area contributed by atoms with Crippen LogP contribution in [0.5, 0.6) is 0 Å². The van der Waals surface area contributed by atoms with Crippen LogP contribution in [0.2, 0.25) is 0 Å². The van der Waals surface area contributed by atoms with E-state index >= 15 is 0 Å². The van der Waals surface area contributed by atoms with E-state index in [0.29, 0.717) is 6.54 Å². The van der Waals surface area contributed by atoms with Crippen LogP contribution < -0.4 is 5.32 Å². The summed E-state index contributed by atoms with van der Waals surface area (Å²) in [5.41, 5.74) is 0.853. The molecule has 2 heterocycles. The van der Waals surface area contributed by atoms with Crippen molar-refractivity contribution in [3.8, 4) is 0 Å². The molecule has 1 atom stereocenters. The summed E-state index contributed by atoms with van der Waals surface area (Å²) in [6, 6.07) is 1.86. The lowest BCUT2D eigenvalue weighted by Crippen LogP contribution is -2.30. The summed E-state index contributed by atoms with van der Waals surface area (Å²) in [6.45, 7) is 0.465. The molecule has 1 aliphatic rings. The van der Waals surface area contributed by atoms with Crippen LogP contribution in [0.15, 0.2) is 17.5 Å². The summed E-state index contributed by atoms with van der Waals surface area (Å²) in [5.74, 6) is 0.177. The Morgan fingerprint density at radius 1 is 1.53 bits per heavy atom.